The summed E-state index contributed by atoms with van der Waals surface area (Å²) in [7, 11) is 0. The van der Waals surface area contributed by atoms with Crippen molar-refractivity contribution in [2.75, 3.05) is 6.54 Å². The van der Waals surface area contributed by atoms with Gasteiger partial charge in [0.05, 0.1) is 5.41 Å². The van der Waals surface area contributed by atoms with Gasteiger partial charge in [0.15, 0.2) is 0 Å². The molecule has 0 unspecified atom stereocenters. The van der Waals surface area contributed by atoms with E-state index in [-0.39, 0.29) is 13.2 Å². The molecule has 5 nitrogen and oxygen atoms in total. The largest absolute Gasteiger partial charge is 0.481 e. The maximum absolute atomic E-state index is 11.9. The first-order valence-electron chi connectivity index (χ1n) is 7.84. The summed E-state index contributed by atoms with van der Waals surface area (Å²) in [5.41, 5.74) is 1.93. The third-order valence-corrected chi connectivity index (χ3v) is 4.41. The van der Waals surface area contributed by atoms with Gasteiger partial charge in [-0.3, -0.25) is 4.79 Å². The van der Waals surface area contributed by atoms with Crippen LogP contribution in [0.3, 0.4) is 0 Å². The highest BCUT2D eigenvalue weighted by atomic mass is 16.5. The molecule has 0 bridgehead atoms. The van der Waals surface area contributed by atoms with Gasteiger partial charge in [0.1, 0.15) is 6.61 Å². The monoisotopic (exact) mass is 325 g/mol. The smallest absolute Gasteiger partial charge is 0.407 e. The molecule has 2 aromatic carbocycles. The van der Waals surface area contributed by atoms with Crippen LogP contribution < -0.4 is 5.32 Å². The summed E-state index contributed by atoms with van der Waals surface area (Å²) in [5, 5.41) is 12.3. The van der Waals surface area contributed by atoms with E-state index < -0.39 is 17.5 Å². The van der Waals surface area contributed by atoms with Crippen LogP contribution in [0.1, 0.15) is 16.7 Å². The van der Waals surface area contributed by atoms with Crippen LogP contribution in [0.15, 0.2) is 54.6 Å². The number of carbonyl (C=O) groups is 2. The highest BCUT2D eigenvalue weighted by molar-refractivity contribution is 5.78. The highest BCUT2D eigenvalue weighted by Crippen LogP contribution is 2.36. The molecule has 124 valence electrons. The Balaban J connectivity index is 1.58. The van der Waals surface area contributed by atoms with Gasteiger partial charge in [-0.05, 0) is 29.5 Å². The molecule has 0 saturated heterocycles. The van der Waals surface area contributed by atoms with Crippen LogP contribution >= 0.6 is 0 Å². The SMILES string of the molecule is O=C(NCC1(C(=O)O)Cc2ccccc2C1)OCc1ccccc1. The van der Waals surface area contributed by atoms with Gasteiger partial charge in [-0.2, -0.15) is 0 Å². The number of alkyl carbamates (subject to hydrolysis) is 1. The Morgan fingerprint density at radius 1 is 1.00 bits per heavy atom. The van der Waals surface area contributed by atoms with E-state index in [9.17, 15) is 14.7 Å². The number of hydrogen-bond acceptors (Lipinski definition) is 3. The van der Waals surface area contributed by atoms with E-state index in [4.69, 9.17) is 4.74 Å². The quantitative estimate of drug-likeness (QED) is 0.886. The van der Waals surface area contributed by atoms with E-state index in [0.29, 0.717) is 12.8 Å². The fraction of sp³-hybridized carbons (Fsp3) is 0.263. The predicted octanol–water partition coefficient (Wildman–Crippen LogP) is 2.78. The number of hydrogen-bond donors (Lipinski definition) is 2. The van der Waals surface area contributed by atoms with Crippen molar-refractivity contribution in [1.29, 1.82) is 0 Å². The fourth-order valence-electron chi connectivity index (χ4n) is 3.06. The Kier molecular flexibility index (Phi) is 4.51. The molecule has 0 spiro atoms. The lowest BCUT2D eigenvalue weighted by molar-refractivity contribution is -0.148. The number of nitrogens with one attached hydrogen (secondary N) is 1. The summed E-state index contributed by atoms with van der Waals surface area (Å²) in [6.07, 6.45) is 0.227. The molecular weight excluding hydrogens is 306 g/mol. The molecule has 0 atom stereocenters. The average Bonchev–Trinajstić information content (AvgIpc) is 2.99. The van der Waals surface area contributed by atoms with Crippen LogP contribution in [0, 0.1) is 5.41 Å². The number of ether oxygens (including phenoxy) is 1. The van der Waals surface area contributed by atoms with Gasteiger partial charge in [-0.25, -0.2) is 4.79 Å². The van der Waals surface area contributed by atoms with Crippen LogP contribution in [-0.4, -0.2) is 23.7 Å². The maximum Gasteiger partial charge on any atom is 0.407 e. The molecule has 1 amide bonds. The van der Waals surface area contributed by atoms with E-state index in [1.165, 1.54) is 0 Å². The molecule has 5 heteroatoms. The molecule has 1 aliphatic rings. The first-order chi connectivity index (χ1) is 11.6. The lowest BCUT2D eigenvalue weighted by Gasteiger charge is -2.24. The Hall–Kier alpha value is -2.82. The van der Waals surface area contributed by atoms with Gasteiger partial charge in [-0.1, -0.05) is 54.6 Å². The number of carboxylic acid groups (broad SMARTS) is 1. The number of fused-ring (bicyclic) bond motifs is 1. The highest BCUT2D eigenvalue weighted by Gasteiger charge is 2.44. The van der Waals surface area contributed by atoms with Gasteiger partial charge in [-0.15, -0.1) is 0 Å². The van der Waals surface area contributed by atoms with E-state index in [2.05, 4.69) is 5.32 Å². The van der Waals surface area contributed by atoms with Crippen molar-refractivity contribution in [2.24, 2.45) is 5.41 Å². The molecule has 3 rings (SSSR count). The Morgan fingerprint density at radius 2 is 1.58 bits per heavy atom. The van der Waals surface area contributed by atoms with Crippen molar-refractivity contribution in [1.82, 2.24) is 5.32 Å². The molecule has 1 aliphatic carbocycles. The molecule has 2 N–H and O–H groups in total. The Bertz CT molecular complexity index is 717. The molecule has 0 heterocycles. The van der Waals surface area contributed by atoms with Gasteiger partial charge in [0.25, 0.3) is 0 Å². The molecule has 0 aliphatic heterocycles. The van der Waals surface area contributed by atoms with E-state index in [1.54, 1.807) is 0 Å². The zero-order valence-electron chi connectivity index (χ0n) is 13.2. The van der Waals surface area contributed by atoms with Gasteiger partial charge >= 0.3 is 12.1 Å². The summed E-state index contributed by atoms with van der Waals surface area (Å²) in [6.45, 7) is 0.206. The van der Waals surface area contributed by atoms with E-state index >= 15 is 0 Å². The van der Waals surface area contributed by atoms with Crippen molar-refractivity contribution in [3.05, 3.63) is 71.3 Å². The second-order valence-corrected chi connectivity index (χ2v) is 6.12. The molecule has 2 aromatic rings. The minimum absolute atomic E-state index is 0.0463. The van der Waals surface area contributed by atoms with Crippen LogP contribution in [0.5, 0.6) is 0 Å². The predicted molar refractivity (Wildman–Crippen MR) is 88.5 cm³/mol. The third-order valence-electron chi connectivity index (χ3n) is 4.41. The number of carboxylic acids is 1. The molecule has 0 radical (unpaired) electrons. The average molecular weight is 325 g/mol. The minimum atomic E-state index is -1.00. The summed E-state index contributed by atoms with van der Waals surface area (Å²) in [5.74, 6) is -0.901. The molecule has 0 saturated carbocycles. The van der Waals surface area contributed by atoms with Crippen molar-refractivity contribution < 1.29 is 19.4 Å². The zero-order valence-corrected chi connectivity index (χ0v) is 13.2. The minimum Gasteiger partial charge on any atom is -0.481 e. The lowest BCUT2D eigenvalue weighted by atomic mass is 9.85. The normalized spacial score (nSPS) is 14.7. The first-order valence-corrected chi connectivity index (χ1v) is 7.84. The third kappa shape index (κ3) is 3.40. The lowest BCUT2D eigenvalue weighted by Crippen LogP contribution is -2.44. The summed E-state index contributed by atoms with van der Waals surface area (Å²) in [4.78, 5) is 23.7. The van der Waals surface area contributed by atoms with Gasteiger partial charge in [0, 0.05) is 6.54 Å². The summed E-state index contributed by atoms with van der Waals surface area (Å²) in [6, 6.07) is 17.0. The van der Waals surface area contributed by atoms with Gasteiger partial charge < -0.3 is 15.2 Å². The molecule has 0 aromatic heterocycles. The summed E-state index contributed by atoms with van der Waals surface area (Å²) < 4.78 is 5.15. The summed E-state index contributed by atoms with van der Waals surface area (Å²) >= 11 is 0. The van der Waals surface area contributed by atoms with Crippen molar-refractivity contribution in [3.63, 3.8) is 0 Å². The zero-order chi connectivity index (χ0) is 17.0. The van der Waals surface area contributed by atoms with Crippen molar-refractivity contribution >= 4 is 12.1 Å². The van der Waals surface area contributed by atoms with Crippen LogP contribution in [-0.2, 0) is 29.0 Å². The second kappa shape index (κ2) is 6.74. The van der Waals surface area contributed by atoms with Gasteiger partial charge in [0.2, 0.25) is 0 Å². The van der Waals surface area contributed by atoms with Crippen LogP contribution in [0.25, 0.3) is 0 Å². The van der Waals surface area contributed by atoms with E-state index in [1.807, 2.05) is 54.6 Å². The Labute approximate surface area is 140 Å². The number of aliphatic carboxylic acids is 1. The number of rotatable bonds is 5. The second-order valence-electron chi connectivity index (χ2n) is 6.12. The number of benzene rings is 2. The molecule has 0 fully saturated rings. The maximum atomic E-state index is 11.9. The molecule has 24 heavy (non-hydrogen) atoms. The van der Waals surface area contributed by atoms with Crippen molar-refractivity contribution in [3.8, 4) is 0 Å². The molecular formula is C19H19NO4. The van der Waals surface area contributed by atoms with Crippen LogP contribution in [0.4, 0.5) is 4.79 Å². The van der Waals surface area contributed by atoms with Crippen molar-refractivity contribution in [2.45, 2.75) is 19.4 Å². The Morgan fingerprint density at radius 3 is 2.17 bits per heavy atom. The number of amides is 1. The number of carbonyl (C=O) groups excluding carboxylic acids is 1. The first kappa shape index (κ1) is 16.1. The standard InChI is InChI=1S/C19H19NO4/c21-17(22)19(10-15-8-4-5-9-16(15)11-19)13-20-18(23)24-12-14-6-2-1-3-7-14/h1-9H,10-13H2,(H,20,23)(H,21,22). The topological polar surface area (TPSA) is 75.6 Å². The van der Waals surface area contributed by atoms with Crippen LogP contribution in [0.2, 0.25) is 0 Å². The fourth-order valence-corrected chi connectivity index (χ4v) is 3.06. The van der Waals surface area contributed by atoms with E-state index in [0.717, 1.165) is 16.7 Å².